The fraction of sp³-hybridized carbons (Fsp3) is 0.250. The summed E-state index contributed by atoms with van der Waals surface area (Å²) < 4.78 is 16.3. The molecule has 0 aliphatic heterocycles. The Balaban J connectivity index is 1.62. The lowest BCUT2D eigenvalue weighted by Crippen LogP contribution is -2.22. The Bertz CT molecular complexity index is 1210. The van der Waals surface area contributed by atoms with Crippen LogP contribution in [-0.4, -0.2) is 43.0 Å². The number of carbonyl (C=O) groups excluding carboxylic acids is 2. The molecule has 1 aliphatic rings. The number of carbonyl (C=O) groups is 2. The zero-order valence-corrected chi connectivity index (χ0v) is 19.1. The van der Waals surface area contributed by atoms with Crippen LogP contribution in [0.1, 0.15) is 44.3 Å². The minimum atomic E-state index is -0.388. The van der Waals surface area contributed by atoms with Gasteiger partial charge in [-0.15, -0.1) is 0 Å². The van der Waals surface area contributed by atoms with Gasteiger partial charge in [0, 0.05) is 23.2 Å². The van der Waals surface area contributed by atoms with Gasteiger partial charge < -0.3 is 14.2 Å². The van der Waals surface area contributed by atoms with E-state index in [1.165, 1.54) is 13.3 Å². The van der Waals surface area contributed by atoms with Crippen molar-refractivity contribution in [3.05, 3.63) is 70.0 Å². The maximum atomic E-state index is 12.8. The topological polar surface area (TPSA) is 99.6 Å². The van der Waals surface area contributed by atoms with Gasteiger partial charge in [-0.1, -0.05) is 17.7 Å². The van der Waals surface area contributed by atoms with E-state index in [0.29, 0.717) is 51.9 Å². The summed E-state index contributed by atoms with van der Waals surface area (Å²) in [5.74, 6) is 1.04. The van der Waals surface area contributed by atoms with E-state index in [2.05, 4.69) is 15.3 Å². The highest BCUT2D eigenvalue weighted by molar-refractivity contribution is 6.31. The number of aromatic nitrogens is 2. The minimum absolute atomic E-state index is 0.0669. The molecule has 1 atom stereocenters. The van der Waals surface area contributed by atoms with Gasteiger partial charge in [-0.3, -0.25) is 14.9 Å². The average molecular weight is 468 g/mol. The zero-order chi connectivity index (χ0) is 23.5. The summed E-state index contributed by atoms with van der Waals surface area (Å²) in [4.78, 5) is 34.0. The SMILES string of the molecule is COc1cc([C@H]2CC(=O)c3cnc(NC(=O)c4cccc(Cl)c4)nc3C2)cc(OC)c1OC. The first-order valence-corrected chi connectivity index (χ1v) is 10.6. The van der Waals surface area contributed by atoms with Gasteiger partial charge in [-0.2, -0.15) is 0 Å². The number of anilines is 1. The molecular weight excluding hydrogens is 446 g/mol. The lowest BCUT2D eigenvalue weighted by Gasteiger charge is -2.24. The van der Waals surface area contributed by atoms with Crippen molar-refractivity contribution < 1.29 is 23.8 Å². The van der Waals surface area contributed by atoms with Gasteiger partial charge >= 0.3 is 0 Å². The number of hydrogen-bond donors (Lipinski definition) is 1. The molecule has 1 aromatic heterocycles. The number of Topliss-reactive ketones (excluding diaryl/α,β-unsaturated/α-hetero) is 1. The quantitative estimate of drug-likeness (QED) is 0.576. The largest absolute Gasteiger partial charge is 0.493 e. The predicted molar refractivity (Wildman–Crippen MR) is 123 cm³/mol. The highest BCUT2D eigenvalue weighted by Gasteiger charge is 2.30. The van der Waals surface area contributed by atoms with Crippen LogP contribution in [0.4, 0.5) is 5.95 Å². The van der Waals surface area contributed by atoms with Crippen molar-refractivity contribution in [1.82, 2.24) is 9.97 Å². The van der Waals surface area contributed by atoms with Crippen LogP contribution >= 0.6 is 11.6 Å². The van der Waals surface area contributed by atoms with E-state index in [4.69, 9.17) is 25.8 Å². The lowest BCUT2D eigenvalue weighted by atomic mass is 9.82. The van der Waals surface area contributed by atoms with E-state index < -0.39 is 0 Å². The van der Waals surface area contributed by atoms with Crippen molar-refractivity contribution in [3.63, 3.8) is 0 Å². The van der Waals surface area contributed by atoms with Crippen LogP contribution in [0.5, 0.6) is 17.2 Å². The molecule has 4 rings (SSSR count). The van der Waals surface area contributed by atoms with E-state index in [-0.39, 0.29) is 23.6 Å². The van der Waals surface area contributed by atoms with Crippen LogP contribution in [0.3, 0.4) is 0 Å². The molecule has 1 aliphatic carbocycles. The van der Waals surface area contributed by atoms with Crippen LogP contribution in [0.15, 0.2) is 42.6 Å². The lowest BCUT2D eigenvalue weighted by molar-refractivity contribution is 0.0962. The third kappa shape index (κ3) is 4.61. The number of ether oxygens (including phenoxy) is 3. The van der Waals surface area contributed by atoms with Gasteiger partial charge in [0.2, 0.25) is 11.7 Å². The number of fused-ring (bicyclic) bond motifs is 1. The van der Waals surface area contributed by atoms with Crippen LogP contribution in [0.2, 0.25) is 5.02 Å². The normalized spacial score (nSPS) is 14.9. The molecule has 2 aromatic carbocycles. The molecular formula is C24H22ClN3O5. The Morgan fingerprint density at radius 1 is 1.06 bits per heavy atom. The van der Waals surface area contributed by atoms with Gasteiger partial charge in [-0.25, -0.2) is 9.97 Å². The van der Waals surface area contributed by atoms with E-state index in [1.54, 1.807) is 38.5 Å². The zero-order valence-electron chi connectivity index (χ0n) is 18.3. The van der Waals surface area contributed by atoms with Gasteiger partial charge in [0.05, 0.1) is 32.6 Å². The third-order valence-electron chi connectivity index (χ3n) is 5.51. The van der Waals surface area contributed by atoms with E-state index in [1.807, 2.05) is 12.1 Å². The van der Waals surface area contributed by atoms with Crippen LogP contribution in [0.25, 0.3) is 0 Å². The number of halogens is 1. The van der Waals surface area contributed by atoms with Crippen molar-refractivity contribution in [2.75, 3.05) is 26.6 Å². The van der Waals surface area contributed by atoms with Crippen LogP contribution < -0.4 is 19.5 Å². The van der Waals surface area contributed by atoms with E-state index >= 15 is 0 Å². The third-order valence-corrected chi connectivity index (χ3v) is 5.75. The Morgan fingerprint density at radius 3 is 2.42 bits per heavy atom. The van der Waals surface area contributed by atoms with Gasteiger partial charge in [0.1, 0.15) is 0 Å². The number of rotatable bonds is 6. The molecule has 0 saturated heterocycles. The van der Waals surface area contributed by atoms with E-state index in [0.717, 1.165) is 5.56 Å². The first-order valence-electron chi connectivity index (χ1n) is 10.2. The van der Waals surface area contributed by atoms with Crippen molar-refractivity contribution in [2.45, 2.75) is 18.8 Å². The second-order valence-corrected chi connectivity index (χ2v) is 7.94. The molecule has 0 unspecified atom stereocenters. The number of methoxy groups -OCH3 is 3. The Labute approximate surface area is 195 Å². The monoisotopic (exact) mass is 467 g/mol. The van der Waals surface area contributed by atoms with Crippen LogP contribution in [-0.2, 0) is 6.42 Å². The molecule has 33 heavy (non-hydrogen) atoms. The van der Waals surface area contributed by atoms with Gasteiger partial charge in [0.15, 0.2) is 17.3 Å². The molecule has 0 saturated carbocycles. The highest BCUT2D eigenvalue weighted by atomic mass is 35.5. The summed E-state index contributed by atoms with van der Waals surface area (Å²) in [6, 6.07) is 10.2. The van der Waals surface area contributed by atoms with Gasteiger partial charge in [0.25, 0.3) is 5.91 Å². The summed E-state index contributed by atoms with van der Waals surface area (Å²) in [7, 11) is 4.63. The molecule has 170 valence electrons. The Morgan fingerprint density at radius 2 is 1.79 bits per heavy atom. The maximum Gasteiger partial charge on any atom is 0.258 e. The molecule has 1 amide bonds. The number of nitrogens with zero attached hydrogens (tertiary/aromatic N) is 2. The Kier molecular flexibility index (Phi) is 6.46. The number of nitrogens with one attached hydrogen (secondary N) is 1. The van der Waals surface area contributed by atoms with Crippen molar-refractivity contribution in [2.24, 2.45) is 0 Å². The minimum Gasteiger partial charge on any atom is -0.493 e. The van der Waals surface area contributed by atoms with E-state index in [9.17, 15) is 9.59 Å². The first-order chi connectivity index (χ1) is 15.9. The second-order valence-electron chi connectivity index (χ2n) is 7.51. The first kappa shape index (κ1) is 22.5. The smallest absolute Gasteiger partial charge is 0.258 e. The summed E-state index contributed by atoms with van der Waals surface area (Å²) in [6.07, 6.45) is 2.25. The molecule has 3 aromatic rings. The fourth-order valence-electron chi connectivity index (χ4n) is 3.88. The predicted octanol–water partition coefficient (Wildman–Crippen LogP) is 4.32. The molecule has 0 radical (unpaired) electrons. The summed E-state index contributed by atoms with van der Waals surface area (Å²) in [5, 5.41) is 3.12. The molecule has 0 spiro atoms. The maximum absolute atomic E-state index is 12.8. The number of benzene rings is 2. The molecule has 1 N–H and O–H groups in total. The standard InChI is InChI=1S/C24H22ClN3O5/c1-31-20-10-15(11-21(32-2)22(20)33-3)14-8-18-17(19(29)9-14)12-26-24(27-18)28-23(30)13-5-4-6-16(25)7-13/h4-7,10-12,14H,8-9H2,1-3H3,(H,26,27,28,30)/t14-/m1/s1. The average Bonchev–Trinajstić information content (AvgIpc) is 2.82. The molecule has 1 heterocycles. The number of amides is 1. The van der Waals surface area contributed by atoms with Gasteiger partial charge in [-0.05, 0) is 48.2 Å². The second kappa shape index (κ2) is 9.46. The summed E-state index contributed by atoms with van der Waals surface area (Å²) >= 11 is 5.96. The molecule has 8 nitrogen and oxygen atoms in total. The highest BCUT2D eigenvalue weighted by Crippen LogP contribution is 2.42. The summed E-state index contributed by atoms with van der Waals surface area (Å²) in [6.45, 7) is 0. The van der Waals surface area contributed by atoms with Crippen molar-refractivity contribution >= 4 is 29.2 Å². The van der Waals surface area contributed by atoms with Crippen molar-refractivity contribution in [1.29, 1.82) is 0 Å². The number of ketones is 1. The summed E-state index contributed by atoms with van der Waals surface area (Å²) in [5.41, 5.74) is 2.28. The Hall–Kier alpha value is -3.65. The van der Waals surface area contributed by atoms with Crippen LogP contribution in [0, 0.1) is 0 Å². The molecule has 0 fully saturated rings. The van der Waals surface area contributed by atoms with Crippen molar-refractivity contribution in [3.8, 4) is 17.2 Å². The molecule has 9 heteroatoms. The number of hydrogen-bond acceptors (Lipinski definition) is 7. The molecule has 0 bridgehead atoms. The fourth-order valence-corrected chi connectivity index (χ4v) is 4.07.